The highest BCUT2D eigenvalue weighted by Crippen LogP contribution is 2.52. The second-order valence-electron chi connectivity index (χ2n) is 16.6. The molecule has 0 amide bonds. The van der Waals surface area contributed by atoms with E-state index in [1.54, 1.807) is 0 Å². The number of para-hydroxylation sites is 1. The van der Waals surface area contributed by atoms with Gasteiger partial charge in [-0.3, -0.25) is 0 Å². The normalized spacial score (nSPS) is 11.6. The molecule has 0 unspecified atom stereocenters. The maximum absolute atomic E-state index is 2.51. The quantitative estimate of drug-likeness (QED) is 0.152. The summed E-state index contributed by atoms with van der Waals surface area (Å²) in [7, 11) is 0. The predicted molar refractivity (Wildman–Crippen MR) is 258 cm³/mol. The van der Waals surface area contributed by atoms with E-state index in [1.165, 1.54) is 49.0 Å². The van der Waals surface area contributed by atoms with Gasteiger partial charge in [-0.05, 0) is 97.7 Å². The molecule has 0 radical (unpaired) electrons. The van der Waals surface area contributed by atoms with E-state index in [2.05, 4.69) is 255 Å². The van der Waals surface area contributed by atoms with Crippen LogP contribution in [-0.2, 0) is 5.41 Å². The monoisotopic (exact) mass is 770 g/mol. The molecule has 0 aliphatic heterocycles. The SMILES string of the molecule is CC(C)(C)c1cc(N(c2ccccc2)c2cccc3ccccc23)c(-c2ccc(-c3ccccc3)cc2)c(N(c2ccc3ccccc3c2)c2cccc3ccccc23)c1. The molecular weight excluding hydrogens is 725 g/mol. The smallest absolute Gasteiger partial charge is 0.0564 e. The highest BCUT2D eigenvalue weighted by molar-refractivity contribution is 6.07. The minimum atomic E-state index is -0.186. The van der Waals surface area contributed by atoms with Gasteiger partial charge in [0.05, 0.1) is 22.7 Å². The summed E-state index contributed by atoms with van der Waals surface area (Å²) in [5.74, 6) is 0. The topological polar surface area (TPSA) is 6.48 Å². The molecule has 0 fully saturated rings. The van der Waals surface area contributed by atoms with Crippen molar-refractivity contribution in [3.8, 4) is 22.3 Å². The Hall–Kier alpha value is -7.42. The van der Waals surface area contributed by atoms with Crippen LogP contribution >= 0.6 is 0 Å². The molecule has 10 aromatic rings. The van der Waals surface area contributed by atoms with Crippen molar-refractivity contribution in [2.75, 3.05) is 9.80 Å². The Labute approximate surface area is 353 Å². The molecule has 0 heterocycles. The summed E-state index contributed by atoms with van der Waals surface area (Å²) in [6.45, 7) is 6.98. The first-order chi connectivity index (χ1) is 29.4. The van der Waals surface area contributed by atoms with Crippen LogP contribution in [0.25, 0.3) is 54.6 Å². The molecule has 10 rings (SSSR count). The molecule has 0 aromatic heterocycles. The van der Waals surface area contributed by atoms with Gasteiger partial charge in [0.15, 0.2) is 0 Å². The van der Waals surface area contributed by atoms with E-state index in [-0.39, 0.29) is 5.41 Å². The second-order valence-corrected chi connectivity index (χ2v) is 16.6. The third-order valence-corrected chi connectivity index (χ3v) is 11.7. The van der Waals surface area contributed by atoms with Crippen molar-refractivity contribution < 1.29 is 0 Å². The fraction of sp³-hybridized carbons (Fsp3) is 0.0690. The van der Waals surface area contributed by atoms with Gasteiger partial charge in [-0.25, -0.2) is 0 Å². The van der Waals surface area contributed by atoms with Crippen molar-refractivity contribution >= 4 is 66.4 Å². The summed E-state index contributed by atoms with van der Waals surface area (Å²) < 4.78 is 0. The van der Waals surface area contributed by atoms with Gasteiger partial charge in [-0.2, -0.15) is 0 Å². The molecule has 0 aliphatic rings. The van der Waals surface area contributed by atoms with Gasteiger partial charge in [-0.15, -0.1) is 0 Å². The Bertz CT molecular complexity index is 3110. The predicted octanol–water partition coefficient (Wildman–Crippen LogP) is 16.7. The number of hydrogen-bond donors (Lipinski definition) is 0. The van der Waals surface area contributed by atoms with Gasteiger partial charge in [0, 0.05) is 27.7 Å². The average molecular weight is 771 g/mol. The number of nitrogens with zero attached hydrogens (tertiary/aromatic N) is 2. The van der Waals surface area contributed by atoms with E-state index < -0.39 is 0 Å². The second kappa shape index (κ2) is 15.4. The van der Waals surface area contributed by atoms with Gasteiger partial charge >= 0.3 is 0 Å². The molecule has 0 saturated carbocycles. The van der Waals surface area contributed by atoms with Crippen LogP contribution in [0.3, 0.4) is 0 Å². The number of hydrogen-bond acceptors (Lipinski definition) is 2. The lowest BCUT2D eigenvalue weighted by atomic mass is 9.83. The maximum atomic E-state index is 2.51. The zero-order valence-electron chi connectivity index (χ0n) is 34.3. The molecule has 0 bridgehead atoms. The van der Waals surface area contributed by atoms with Crippen molar-refractivity contribution in [2.24, 2.45) is 0 Å². The van der Waals surface area contributed by atoms with E-state index >= 15 is 0 Å². The van der Waals surface area contributed by atoms with Crippen LogP contribution in [0.2, 0.25) is 0 Å². The first kappa shape index (κ1) is 36.9. The lowest BCUT2D eigenvalue weighted by Crippen LogP contribution is -2.19. The summed E-state index contributed by atoms with van der Waals surface area (Å²) in [6.07, 6.45) is 0. The fourth-order valence-electron chi connectivity index (χ4n) is 8.67. The lowest BCUT2D eigenvalue weighted by Gasteiger charge is -2.36. The number of anilines is 6. The lowest BCUT2D eigenvalue weighted by molar-refractivity contribution is 0.590. The Morgan fingerprint density at radius 1 is 0.300 bits per heavy atom. The molecule has 0 saturated heterocycles. The molecule has 0 spiro atoms. The molecule has 2 heteroatoms. The minimum Gasteiger partial charge on any atom is -0.309 e. The van der Waals surface area contributed by atoms with E-state index in [1.807, 2.05) is 0 Å². The van der Waals surface area contributed by atoms with Crippen molar-refractivity contribution in [3.05, 3.63) is 230 Å². The van der Waals surface area contributed by atoms with Crippen LogP contribution < -0.4 is 9.80 Å². The Kier molecular flexibility index (Phi) is 9.47. The minimum absolute atomic E-state index is 0.186. The average Bonchev–Trinajstić information content (AvgIpc) is 3.30. The standard InChI is InChI=1S/C58H46N2/c1-58(2,3)48-39-55(59(49-26-8-5-9-27-49)53-30-16-24-44-21-12-14-28-51(44)53)57(46-34-32-43(33-35-46)41-18-6-4-7-19-41)56(40-48)60(50-37-36-42-20-10-11-23-47(42)38-50)54-31-17-25-45-22-13-15-29-52(45)54/h4-40H,1-3H3. The van der Waals surface area contributed by atoms with Crippen LogP contribution in [0.5, 0.6) is 0 Å². The van der Waals surface area contributed by atoms with Crippen molar-refractivity contribution in [1.29, 1.82) is 0 Å². The van der Waals surface area contributed by atoms with Crippen molar-refractivity contribution in [1.82, 2.24) is 0 Å². The van der Waals surface area contributed by atoms with Crippen LogP contribution in [0.4, 0.5) is 34.1 Å². The number of fused-ring (bicyclic) bond motifs is 3. The largest absolute Gasteiger partial charge is 0.309 e. The molecule has 2 nitrogen and oxygen atoms in total. The highest BCUT2D eigenvalue weighted by Gasteiger charge is 2.29. The Balaban J connectivity index is 1.36. The van der Waals surface area contributed by atoms with Crippen molar-refractivity contribution in [3.63, 3.8) is 0 Å². The van der Waals surface area contributed by atoms with Gasteiger partial charge in [0.25, 0.3) is 0 Å². The third kappa shape index (κ3) is 6.86. The van der Waals surface area contributed by atoms with Crippen LogP contribution in [0.1, 0.15) is 26.3 Å². The molecular formula is C58H46N2. The number of rotatable bonds is 8. The van der Waals surface area contributed by atoms with Gasteiger partial charge in [-0.1, -0.05) is 197 Å². The molecule has 0 aliphatic carbocycles. The summed E-state index contributed by atoms with van der Waals surface area (Å²) in [5.41, 5.74) is 12.4. The first-order valence-electron chi connectivity index (χ1n) is 20.8. The first-order valence-corrected chi connectivity index (χ1v) is 20.8. The molecule has 0 N–H and O–H groups in total. The summed E-state index contributed by atoms with van der Waals surface area (Å²) >= 11 is 0. The summed E-state index contributed by atoms with van der Waals surface area (Å²) in [4.78, 5) is 5.00. The van der Waals surface area contributed by atoms with Crippen LogP contribution in [-0.4, -0.2) is 0 Å². The van der Waals surface area contributed by atoms with Gasteiger partial charge in [0.2, 0.25) is 0 Å². The Morgan fingerprint density at radius 3 is 1.33 bits per heavy atom. The van der Waals surface area contributed by atoms with Gasteiger partial charge < -0.3 is 9.80 Å². The summed E-state index contributed by atoms with van der Waals surface area (Å²) in [6, 6.07) is 82.0. The molecule has 288 valence electrons. The van der Waals surface area contributed by atoms with E-state index in [4.69, 9.17) is 0 Å². The fourth-order valence-corrected chi connectivity index (χ4v) is 8.67. The maximum Gasteiger partial charge on any atom is 0.0564 e. The highest BCUT2D eigenvalue weighted by atomic mass is 15.2. The van der Waals surface area contributed by atoms with Crippen LogP contribution in [0.15, 0.2) is 224 Å². The van der Waals surface area contributed by atoms with Crippen molar-refractivity contribution in [2.45, 2.75) is 26.2 Å². The third-order valence-electron chi connectivity index (χ3n) is 11.7. The van der Waals surface area contributed by atoms with E-state index in [9.17, 15) is 0 Å². The zero-order valence-corrected chi connectivity index (χ0v) is 34.3. The molecule has 10 aromatic carbocycles. The Morgan fingerprint density at radius 2 is 0.750 bits per heavy atom. The van der Waals surface area contributed by atoms with E-state index in [0.717, 1.165) is 45.3 Å². The van der Waals surface area contributed by atoms with Crippen LogP contribution in [0, 0.1) is 0 Å². The van der Waals surface area contributed by atoms with E-state index in [0.29, 0.717) is 0 Å². The molecule has 60 heavy (non-hydrogen) atoms. The van der Waals surface area contributed by atoms with Gasteiger partial charge in [0.1, 0.15) is 0 Å². The zero-order chi connectivity index (χ0) is 40.6. The number of benzene rings is 10. The molecule has 0 atom stereocenters. The summed E-state index contributed by atoms with van der Waals surface area (Å²) in [5, 5.41) is 7.19.